The number of phenols is 1. The van der Waals surface area contributed by atoms with Crippen LogP contribution in [0, 0.1) is 0 Å². The van der Waals surface area contributed by atoms with Crippen LogP contribution in [0.4, 0.5) is 0 Å². The van der Waals surface area contributed by atoms with E-state index in [1.54, 1.807) is 42.7 Å². The molecule has 0 spiro atoms. The van der Waals surface area contributed by atoms with E-state index in [0.717, 1.165) is 11.0 Å². The number of aromatic hydroxyl groups is 1. The maximum atomic E-state index is 12.4. The second-order valence-corrected chi connectivity index (χ2v) is 6.63. The number of carbonyl (C=O) groups excluding carboxylic acids is 3. The Hall–Kier alpha value is -3.94. The Morgan fingerprint density at radius 2 is 1.93 bits per heavy atom. The topological polar surface area (TPSA) is 106 Å². The van der Waals surface area contributed by atoms with Gasteiger partial charge in [-0.3, -0.25) is 24.3 Å². The van der Waals surface area contributed by atoms with Crippen LogP contribution in [-0.2, 0) is 6.54 Å². The van der Waals surface area contributed by atoms with Crippen molar-refractivity contribution in [2.75, 3.05) is 0 Å². The molecular formula is C20H14N4O4. The molecule has 8 nitrogen and oxygen atoms in total. The lowest BCUT2D eigenvalue weighted by Gasteiger charge is -2.08. The Morgan fingerprint density at radius 1 is 1.11 bits per heavy atom. The number of benzene rings is 2. The van der Waals surface area contributed by atoms with Gasteiger partial charge in [-0.1, -0.05) is 0 Å². The van der Waals surface area contributed by atoms with Crippen LogP contribution in [-0.4, -0.2) is 36.9 Å². The van der Waals surface area contributed by atoms with E-state index >= 15 is 0 Å². The van der Waals surface area contributed by atoms with Crippen LogP contribution in [0.2, 0.25) is 0 Å². The van der Waals surface area contributed by atoms with Gasteiger partial charge in [0.05, 0.1) is 11.1 Å². The quantitative estimate of drug-likeness (QED) is 0.535. The number of fused-ring (bicyclic) bond motifs is 5. The molecule has 2 aromatic carbocycles. The van der Waals surface area contributed by atoms with Crippen LogP contribution < -0.4 is 5.32 Å². The summed E-state index contributed by atoms with van der Waals surface area (Å²) in [6.07, 6.45) is 4.81. The summed E-state index contributed by atoms with van der Waals surface area (Å²) in [5.41, 5.74) is 2.11. The Balaban J connectivity index is 1.70. The summed E-state index contributed by atoms with van der Waals surface area (Å²) in [5, 5.41) is 13.5. The number of hydrogen-bond acceptors (Lipinski definition) is 5. The van der Waals surface area contributed by atoms with Gasteiger partial charge in [0.15, 0.2) is 0 Å². The summed E-state index contributed by atoms with van der Waals surface area (Å²) < 4.78 is 3.35. The van der Waals surface area contributed by atoms with Crippen molar-refractivity contribution in [2.45, 2.75) is 13.0 Å². The summed E-state index contributed by atoms with van der Waals surface area (Å²) in [6.45, 7) is 0.371. The van der Waals surface area contributed by atoms with Crippen molar-refractivity contribution in [1.29, 1.82) is 0 Å². The lowest BCUT2D eigenvalue weighted by molar-refractivity contribution is 0.0874. The number of imidazole rings is 1. The molecule has 8 heteroatoms. The number of hydrogen-bond donors (Lipinski definition) is 2. The maximum absolute atomic E-state index is 12.4. The Morgan fingerprint density at radius 3 is 2.71 bits per heavy atom. The summed E-state index contributed by atoms with van der Waals surface area (Å²) in [7, 11) is 0. The zero-order valence-corrected chi connectivity index (χ0v) is 14.5. The predicted molar refractivity (Wildman–Crippen MR) is 100 cm³/mol. The summed E-state index contributed by atoms with van der Waals surface area (Å²) >= 11 is 0. The molecule has 2 N–H and O–H groups in total. The highest BCUT2D eigenvalue weighted by Crippen LogP contribution is 2.36. The maximum Gasteiger partial charge on any atom is 0.259 e. The minimum absolute atomic E-state index is 0.0587. The fraction of sp³-hybridized carbons (Fsp3) is 0.100. The number of aryl methyl sites for hydroxylation is 1. The first-order valence-corrected chi connectivity index (χ1v) is 8.69. The summed E-state index contributed by atoms with van der Waals surface area (Å²) in [4.78, 5) is 40.7. The molecule has 28 heavy (non-hydrogen) atoms. The van der Waals surface area contributed by atoms with Gasteiger partial charge in [0.25, 0.3) is 11.8 Å². The summed E-state index contributed by atoms with van der Waals surface area (Å²) in [5.74, 6) is -0.940. The fourth-order valence-electron chi connectivity index (χ4n) is 3.82. The molecule has 4 aromatic rings. The van der Waals surface area contributed by atoms with Gasteiger partial charge in [-0.25, -0.2) is 4.98 Å². The molecule has 5 rings (SSSR count). The van der Waals surface area contributed by atoms with Crippen molar-refractivity contribution in [3.8, 4) is 5.75 Å². The van der Waals surface area contributed by atoms with Gasteiger partial charge in [0, 0.05) is 47.2 Å². The van der Waals surface area contributed by atoms with Crippen molar-refractivity contribution in [3.63, 3.8) is 0 Å². The summed E-state index contributed by atoms with van der Waals surface area (Å²) in [6, 6.07) is 8.26. The van der Waals surface area contributed by atoms with Gasteiger partial charge in [-0.05, 0) is 30.3 Å². The molecule has 0 saturated carbocycles. The minimum atomic E-state index is -0.456. The van der Waals surface area contributed by atoms with Gasteiger partial charge >= 0.3 is 0 Å². The molecule has 0 saturated heterocycles. The van der Waals surface area contributed by atoms with Crippen LogP contribution in [0.1, 0.15) is 31.9 Å². The Bertz CT molecular complexity index is 1300. The molecule has 1 aliphatic heterocycles. The molecule has 0 fully saturated rings. The average Bonchev–Trinajstić information content (AvgIpc) is 3.37. The number of rotatable bonds is 3. The second kappa shape index (κ2) is 5.78. The third-order valence-electron chi connectivity index (χ3n) is 5.05. The second-order valence-electron chi connectivity index (χ2n) is 6.63. The highest BCUT2D eigenvalue weighted by molar-refractivity contribution is 6.30. The first-order valence-electron chi connectivity index (χ1n) is 8.69. The van der Waals surface area contributed by atoms with Crippen LogP contribution in [0.25, 0.3) is 21.8 Å². The normalized spacial score (nSPS) is 13.3. The molecule has 0 radical (unpaired) electrons. The molecule has 2 aromatic heterocycles. The number of phenolic OH excluding ortho intramolecular Hbond substituents is 1. The van der Waals surface area contributed by atoms with E-state index in [0.29, 0.717) is 28.4 Å². The van der Waals surface area contributed by atoms with Crippen LogP contribution in [0.15, 0.2) is 49.1 Å². The van der Waals surface area contributed by atoms with E-state index in [9.17, 15) is 19.5 Å². The third kappa shape index (κ3) is 2.24. The predicted octanol–water partition coefficient (Wildman–Crippen LogP) is 2.31. The van der Waals surface area contributed by atoms with E-state index in [1.165, 1.54) is 10.9 Å². The lowest BCUT2D eigenvalue weighted by atomic mass is 10.0. The molecule has 0 unspecified atom stereocenters. The van der Waals surface area contributed by atoms with Crippen molar-refractivity contribution in [2.24, 2.45) is 0 Å². The van der Waals surface area contributed by atoms with Crippen molar-refractivity contribution < 1.29 is 19.5 Å². The van der Waals surface area contributed by atoms with Crippen LogP contribution in [0.5, 0.6) is 5.75 Å². The van der Waals surface area contributed by atoms with E-state index in [-0.39, 0.29) is 18.1 Å². The van der Waals surface area contributed by atoms with Crippen LogP contribution >= 0.6 is 0 Å². The number of amides is 2. The SMILES string of the molecule is O=C1NC(=O)c2c1ccc1c2c2cc(O)ccc2n1CCC(=O)n1ccnc1. The average molecular weight is 374 g/mol. The zero-order valence-electron chi connectivity index (χ0n) is 14.5. The number of nitrogens with one attached hydrogen (secondary N) is 1. The van der Waals surface area contributed by atoms with Gasteiger partial charge < -0.3 is 9.67 Å². The van der Waals surface area contributed by atoms with E-state index in [4.69, 9.17) is 0 Å². The number of imide groups is 1. The largest absolute Gasteiger partial charge is 0.508 e. The minimum Gasteiger partial charge on any atom is -0.508 e. The number of nitrogens with zero attached hydrogens (tertiary/aromatic N) is 3. The molecule has 1 aliphatic rings. The van der Waals surface area contributed by atoms with Crippen molar-refractivity contribution in [1.82, 2.24) is 19.4 Å². The van der Waals surface area contributed by atoms with Crippen molar-refractivity contribution >= 4 is 39.5 Å². The molecular weight excluding hydrogens is 360 g/mol. The molecule has 138 valence electrons. The lowest BCUT2D eigenvalue weighted by Crippen LogP contribution is -2.19. The monoisotopic (exact) mass is 374 g/mol. The number of aromatic nitrogens is 3. The number of carbonyl (C=O) groups is 3. The van der Waals surface area contributed by atoms with Gasteiger partial charge in [0.2, 0.25) is 5.91 Å². The fourth-order valence-corrected chi connectivity index (χ4v) is 3.82. The van der Waals surface area contributed by atoms with E-state index < -0.39 is 11.8 Å². The van der Waals surface area contributed by atoms with Crippen LogP contribution in [0.3, 0.4) is 0 Å². The highest BCUT2D eigenvalue weighted by atomic mass is 16.3. The van der Waals surface area contributed by atoms with Gasteiger partial charge in [0.1, 0.15) is 12.1 Å². The molecule has 3 heterocycles. The molecule has 0 aliphatic carbocycles. The van der Waals surface area contributed by atoms with Crippen molar-refractivity contribution in [3.05, 3.63) is 60.2 Å². The molecule has 0 atom stereocenters. The molecule has 0 bridgehead atoms. The third-order valence-corrected chi connectivity index (χ3v) is 5.05. The first kappa shape index (κ1) is 16.2. The van der Waals surface area contributed by atoms with Gasteiger partial charge in [-0.2, -0.15) is 0 Å². The van der Waals surface area contributed by atoms with E-state index in [1.807, 2.05) is 4.57 Å². The Labute approximate surface area is 158 Å². The molecule has 2 amide bonds. The van der Waals surface area contributed by atoms with Gasteiger partial charge in [-0.15, -0.1) is 0 Å². The van der Waals surface area contributed by atoms with E-state index in [2.05, 4.69) is 10.3 Å². The smallest absolute Gasteiger partial charge is 0.259 e. The zero-order chi connectivity index (χ0) is 19.4. The first-order chi connectivity index (χ1) is 13.5. The standard InChI is InChI=1S/C20H14N4O4/c25-11-1-3-14-13(9-11)17-15(4-2-12-18(17)20(28)22-19(12)27)24(14)7-5-16(26)23-8-6-21-10-23/h1-4,6,8-10,25H,5,7H2,(H,22,27,28). The highest BCUT2D eigenvalue weighted by Gasteiger charge is 2.31. The Kier molecular flexibility index (Phi) is 3.35.